The Labute approximate surface area is 138 Å². The second-order valence-electron chi connectivity index (χ2n) is 6.05. The number of nitrogens with zero attached hydrogens (tertiary/aromatic N) is 1. The van der Waals surface area contributed by atoms with Gasteiger partial charge in [-0.1, -0.05) is 13.8 Å². The van der Waals surface area contributed by atoms with E-state index in [1.165, 1.54) is 0 Å². The van der Waals surface area contributed by atoms with E-state index in [9.17, 15) is 18.0 Å². The molecule has 0 radical (unpaired) electrons. The van der Waals surface area contributed by atoms with Crippen LogP contribution in [0.3, 0.4) is 0 Å². The van der Waals surface area contributed by atoms with Gasteiger partial charge < -0.3 is 15.2 Å². The zero-order chi connectivity index (χ0) is 18.3. The number of hydrogen-bond donors (Lipinski definition) is 2. The molecule has 0 saturated carbocycles. The minimum absolute atomic E-state index is 0.0592. The first-order chi connectivity index (χ1) is 10.4. The fourth-order valence-electron chi connectivity index (χ4n) is 1.85. The summed E-state index contributed by atoms with van der Waals surface area (Å²) >= 11 is 0. The molecule has 0 fully saturated rings. The minimum Gasteiger partial charge on any atom is -0.480 e. The van der Waals surface area contributed by atoms with E-state index in [-0.39, 0.29) is 26.1 Å². The van der Waals surface area contributed by atoms with Crippen molar-refractivity contribution in [2.24, 2.45) is 0 Å². The molecule has 0 spiro atoms. The summed E-state index contributed by atoms with van der Waals surface area (Å²) in [7, 11) is -3.74. The van der Waals surface area contributed by atoms with Crippen LogP contribution in [-0.4, -0.2) is 66.8 Å². The summed E-state index contributed by atoms with van der Waals surface area (Å²) in [6.45, 7) is 9.49. The van der Waals surface area contributed by atoms with Crippen LogP contribution in [0.1, 0.15) is 41.0 Å². The van der Waals surface area contributed by atoms with Gasteiger partial charge in [0, 0.05) is 26.1 Å². The van der Waals surface area contributed by atoms with Gasteiger partial charge in [-0.2, -0.15) is 0 Å². The normalized spacial score (nSPS) is 13.8. The van der Waals surface area contributed by atoms with Crippen molar-refractivity contribution in [3.8, 4) is 0 Å². The highest BCUT2D eigenvalue weighted by molar-refractivity contribution is 7.89. The molecule has 8 nitrogen and oxygen atoms in total. The van der Waals surface area contributed by atoms with Gasteiger partial charge in [-0.05, 0) is 20.8 Å². The number of carbonyl (C=O) groups excluding carboxylic acids is 1. The van der Waals surface area contributed by atoms with Crippen LogP contribution in [0.2, 0.25) is 0 Å². The first-order valence-electron chi connectivity index (χ1n) is 7.57. The van der Waals surface area contributed by atoms with Gasteiger partial charge in [-0.25, -0.2) is 17.5 Å². The van der Waals surface area contributed by atoms with E-state index in [2.05, 4.69) is 5.32 Å². The molecule has 0 saturated heterocycles. The van der Waals surface area contributed by atoms with Crippen LogP contribution >= 0.6 is 0 Å². The number of amides is 1. The van der Waals surface area contributed by atoms with E-state index in [4.69, 9.17) is 9.84 Å². The number of carbonyl (C=O) groups is 2. The summed E-state index contributed by atoms with van der Waals surface area (Å²) in [6, 6.07) is -1.18. The van der Waals surface area contributed by atoms with E-state index in [0.717, 1.165) is 4.31 Å². The Hall–Kier alpha value is -1.19. The highest BCUT2D eigenvalue weighted by atomic mass is 32.2. The van der Waals surface area contributed by atoms with Gasteiger partial charge in [0.05, 0.1) is 5.60 Å². The third kappa shape index (κ3) is 8.87. The predicted octanol–water partition coefficient (Wildman–Crippen LogP) is 0.433. The molecule has 2 N–H and O–H groups in total. The van der Waals surface area contributed by atoms with Crippen LogP contribution in [-0.2, 0) is 24.3 Å². The summed E-state index contributed by atoms with van der Waals surface area (Å²) in [5.41, 5.74) is -0.418. The number of rotatable bonds is 10. The second kappa shape index (κ2) is 9.19. The Morgan fingerprint density at radius 3 is 2.13 bits per heavy atom. The molecule has 23 heavy (non-hydrogen) atoms. The highest BCUT2D eigenvalue weighted by Gasteiger charge is 2.26. The lowest BCUT2D eigenvalue weighted by Crippen LogP contribution is -2.46. The fraction of sp³-hybridized carbons (Fsp3) is 0.857. The van der Waals surface area contributed by atoms with Crippen molar-refractivity contribution >= 4 is 21.9 Å². The van der Waals surface area contributed by atoms with E-state index < -0.39 is 39.3 Å². The van der Waals surface area contributed by atoms with Crippen molar-refractivity contribution in [2.75, 3.05) is 25.4 Å². The Morgan fingerprint density at radius 1 is 1.22 bits per heavy atom. The van der Waals surface area contributed by atoms with Crippen molar-refractivity contribution in [3.63, 3.8) is 0 Å². The molecule has 9 heteroatoms. The second-order valence-corrected chi connectivity index (χ2v) is 8.02. The molecule has 0 aliphatic carbocycles. The van der Waals surface area contributed by atoms with Crippen molar-refractivity contribution in [2.45, 2.75) is 52.7 Å². The minimum atomic E-state index is -3.74. The van der Waals surface area contributed by atoms with Gasteiger partial charge >= 0.3 is 5.97 Å². The van der Waals surface area contributed by atoms with Crippen LogP contribution in [0.5, 0.6) is 0 Å². The first kappa shape index (κ1) is 21.8. The van der Waals surface area contributed by atoms with E-state index in [0.29, 0.717) is 0 Å². The van der Waals surface area contributed by atoms with Gasteiger partial charge in [0.25, 0.3) is 0 Å². The third-order valence-corrected chi connectivity index (χ3v) is 4.92. The van der Waals surface area contributed by atoms with E-state index in [1.54, 1.807) is 13.8 Å². The van der Waals surface area contributed by atoms with Crippen molar-refractivity contribution in [1.82, 2.24) is 9.62 Å². The van der Waals surface area contributed by atoms with Gasteiger partial charge in [-0.3, -0.25) is 4.79 Å². The number of hydrogen-bond acceptors (Lipinski definition) is 5. The Balaban J connectivity index is 4.66. The molecule has 0 bridgehead atoms. The van der Waals surface area contributed by atoms with Crippen LogP contribution in [0.4, 0.5) is 0 Å². The lowest BCUT2D eigenvalue weighted by molar-refractivity contribution is -0.142. The number of ether oxygens (including phenoxy) is 1. The molecule has 0 aromatic heterocycles. The molecule has 1 unspecified atom stereocenters. The number of aliphatic carboxylic acids is 1. The Morgan fingerprint density at radius 2 is 1.74 bits per heavy atom. The molecule has 0 aliphatic rings. The summed E-state index contributed by atoms with van der Waals surface area (Å²) in [6.07, 6.45) is 0.0592. The summed E-state index contributed by atoms with van der Waals surface area (Å²) in [5.74, 6) is -2.82. The maximum atomic E-state index is 12.0. The van der Waals surface area contributed by atoms with Crippen LogP contribution in [0, 0.1) is 0 Å². The quantitative estimate of drug-likeness (QED) is 0.589. The summed E-state index contributed by atoms with van der Waals surface area (Å²) in [5, 5.41) is 11.4. The highest BCUT2D eigenvalue weighted by Crippen LogP contribution is 2.08. The molecule has 1 atom stereocenters. The van der Waals surface area contributed by atoms with E-state index in [1.807, 2.05) is 20.8 Å². The van der Waals surface area contributed by atoms with Crippen LogP contribution < -0.4 is 5.32 Å². The van der Waals surface area contributed by atoms with E-state index >= 15 is 0 Å². The van der Waals surface area contributed by atoms with Gasteiger partial charge in [0.15, 0.2) is 0 Å². The van der Waals surface area contributed by atoms with Gasteiger partial charge in [-0.15, -0.1) is 0 Å². The largest absolute Gasteiger partial charge is 0.480 e. The van der Waals surface area contributed by atoms with Gasteiger partial charge in [0.1, 0.15) is 11.8 Å². The average molecular weight is 352 g/mol. The molecule has 0 rings (SSSR count). The topological polar surface area (TPSA) is 113 Å². The SMILES string of the molecule is CCN(CC)S(=O)(=O)CC(=O)NC(CCOC(C)(C)C)C(=O)O. The van der Waals surface area contributed by atoms with Crippen LogP contribution in [0.15, 0.2) is 0 Å². The molecule has 0 aromatic rings. The molecule has 0 heterocycles. The zero-order valence-corrected chi connectivity index (χ0v) is 15.3. The number of carboxylic acids is 1. The Kier molecular flexibility index (Phi) is 8.71. The lowest BCUT2D eigenvalue weighted by Gasteiger charge is -2.22. The maximum absolute atomic E-state index is 12.0. The number of nitrogens with one attached hydrogen (secondary N) is 1. The number of carboxylic acid groups (broad SMARTS) is 1. The number of sulfonamides is 1. The average Bonchev–Trinajstić information content (AvgIpc) is 2.36. The fourth-order valence-corrected chi connectivity index (χ4v) is 3.23. The summed E-state index contributed by atoms with van der Waals surface area (Å²) < 4.78 is 30.6. The molecular formula is C14H28N2O6S. The van der Waals surface area contributed by atoms with Gasteiger partial charge in [0.2, 0.25) is 15.9 Å². The Bertz CT molecular complexity index is 494. The van der Waals surface area contributed by atoms with Crippen LogP contribution in [0.25, 0.3) is 0 Å². The smallest absolute Gasteiger partial charge is 0.326 e. The third-order valence-electron chi connectivity index (χ3n) is 2.99. The molecule has 0 aliphatic heterocycles. The molecular weight excluding hydrogens is 324 g/mol. The van der Waals surface area contributed by atoms with Crippen molar-refractivity contribution in [1.29, 1.82) is 0 Å². The molecule has 0 aromatic carbocycles. The monoisotopic (exact) mass is 352 g/mol. The maximum Gasteiger partial charge on any atom is 0.326 e. The summed E-state index contributed by atoms with van der Waals surface area (Å²) in [4.78, 5) is 23.0. The standard InChI is InChI=1S/C14H28N2O6S/c1-6-16(7-2)23(20,21)10-12(17)15-11(13(18)19)8-9-22-14(3,4)5/h11H,6-10H2,1-5H3,(H,15,17)(H,18,19). The van der Waals surface area contributed by atoms with Crippen molar-refractivity contribution < 1.29 is 27.9 Å². The molecule has 136 valence electrons. The lowest BCUT2D eigenvalue weighted by atomic mass is 10.2. The van der Waals surface area contributed by atoms with Crippen molar-refractivity contribution in [3.05, 3.63) is 0 Å². The molecule has 1 amide bonds. The first-order valence-corrected chi connectivity index (χ1v) is 9.17. The zero-order valence-electron chi connectivity index (χ0n) is 14.5. The predicted molar refractivity (Wildman–Crippen MR) is 86.6 cm³/mol.